The van der Waals surface area contributed by atoms with Crippen LogP contribution in [0.1, 0.15) is 5.56 Å². The van der Waals surface area contributed by atoms with Crippen LogP contribution in [0.25, 0.3) is 11.0 Å². The first-order chi connectivity index (χ1) is 8.24. The molecule has 17 heavy (non-hydrogen) atoms. The topological polar surface area (TPSA) is 39.9 Å². The molecule has 0 aromatic carbocycles. The van der Waals surface area contributed by atoms with E-state index in [9.17, 15) is 0 Å². The van der Waals surface area contributed by atoms with Crippen LogP contribution in [0.5, 0.6) is 0 Å². The average Bonchev–Trinajstić information content (AvgIpc) is 2.63. The zero-order valence-electron chi connectivity index (χ0n) is 9.81. The van der Waals surface area contributed by atoms with E-state index in [-0.39, 0.29) is 0 Å². The third-order valence-corrected chi connectivity index (χ3v) is 3.32. The van der Waals surface area contributed by atoms with Crippen LogP contribution in [0.15, 0.2) is 12.5 Å². The Hall–Kier alpha value is -0.780. The summed E-state index contributed by atoms with van der Waals surface area (Å²) < 4.78 is 7.52. The van der Waals surface area contributed by atoms with Crippen molar-refractivity contribution < 1.29 is 4.74 Å². The molecule has 0 aliphatic heterocycles. The summed E-state index contributed by atoms with van der Waals surface area (Å²) in [7, 11) is 0. The number of hydrogen-bond acceptors (Lipinski definition) is 4. The molecule has 92 valence electrons. The zero-order chi connectivity index (χ0) is 12.3. The maximum atomic E-state index is 6.05. The molecule has 0 fully saturated rings. The van der Waals surface area contributed by atoms with Crippen LogP contribution in [0.4, 0.5) is 0 Å². The molecule has 0 unspecified atom stereocenters. The van der Waals surface area contributed by atoms with Crippen molar-refractivity contribution >= 4 is 34.4 Å². The minimum atomic E-state index is 0.496. The number of fused-ring (bicyclic) bond motifs is 1. The molecule has 0 aliphatic carbocycles. The van der Waals surface area contributed by atoms with Crippen molar-refractivity contribution in [1.29, 1.82) is 0 Å². The predicted molar refractivity (Wildman–Crippen MR) is 71.6 cm³/mol. The second kappa shape index (κ2) is 5.71. The third kappa shape index (κ3) is 2.73. The number of thioether (sulfide) groups is 1. The largest absolute Gasteiger partial charge is 0.360 e. The van der Waals surface area contributed by atoms with E-state index in [4.69, 9.17) is 16.3 Å². The fourth-order valence-corrected chi connectivity index (χ4v) is 2.24. The number of hydrogen-bond donors (Lipinski definition) is 0. The van der Waals surface area contributed by atoms with Crippen molar-refractivity contribution in [2.45, 2.75) is 13.7 Å². The van der Waals surface area contributed by atoms with E-state index in [0.29, 0.717) is 11.9 Å². The van der Waals surface area contributed by atoms with Gasteiger partial charge in [0.1, 0.15) is 23.9 Å². The molecule has 2 aromatic heterocycles. The normalized spacial score (nSPS) is 11.2. The van der Waals surface area contributed by atoms with Crippen molar-refractivity contribution in [3.05, 3.63) is 23.2 Å². The molecule has 2 heterocycles. The third-order valence-electron chi connectivity index (χ3n) is 2.46. The molecule has 0 bridgehead atoms. The second-order valence-electron chi connectivity index (χ2n) is 3.68. The number of nitrogens with zero attached hydrogens (tertiary/aromatic N) is 3. The van der Waals surface area contributed by atoms with Gasteiger partial charge in [0.2, 0.25) is 0 Å². The quantitative estimate of drug-likeness (QED) is 0.619. The van der Waals surface area contributed by atoms with Crippen molar-refractivity contribution in [3.8, 4) is 0 Å². The van der Waals surface area contributed by atoms with Crippen LogP contribution in [-0.4, -0.2) is 33.2 Å². The van der Waals surface area contributed by atoms with Gasteiger partial charge in [-0.25, -0.2) is 9.97 Å². The Morgan fingerprint density at radius 3 is 3.06 bits per heavy atom. The Labute approximate surface area is 109 Å². The molecule has 2 rings (SSSR count). The van der Waals surface area contributed by atoms with E-state index < -0.39 is 0 Å². The minimum absolute atomic E-state index is 0.496. The van der Waals surface area contributed by atoms with E-state index in [2.05, 4.69) is 16.2 Å². The van der Waals surface area contributed by atoms with Gasteiger partial charge in [0, 0.05) is 11.9 Å². The molecule has 4 nitrogen and oxygen atoms in total. The summed E-state index contributed by atoms with van der Waals surface area (Å²) in [5.74, 6) is 0.994. The van der Waals surface area contributed by atoms with Crippen LogP contribution in [0, 0.1) is 6.92 Å². The fourth-order valence-electron chi connectivity index (χ4n) is 1.68. The van der Waals surface area contributed by atoms with E-state index in [1.165, 1.54) is 6.33 Å². The number of ether oxygens (including phenoxy) is 1. The summed E-state index contributed by atoms with van der Waals surface area (Å²) in [6, 6.07) is 0. The highest BCUT2D eigenvalue weighted by Crippen LogP contribution is 2.24. The Balaban J connectivity index is 2.21. The Morgan fingerprint density at radius 1 is 1.47 bits per heavy atom. The van der Waals surface area contributed by atoms with Gasteiger partial charge in [-0.15, -0.1) is 0 Å². The van der Waals surface area contributed by atoms with Gasteiger partial charge in [-0.2, -0.15) is 11.8 Å². The maximum absolute atomic E-state index is 6.05. The van der Waals surface area contributed by atoms with Crippen molar-refractivity contribution in [1.82, 2.24) is 14.5 Å². The standard InChI is InChI=1S/C11H14ClN3OS/c1-8-5-15(7-16-3-4-17-2)11-9(8)10(12)13-6-14-11/h5-6H,3-4,7H2,1-2H3. The van der Waals surface area contributed by atoms with Crippen LogP contribution < -0.4 is 0 Å². The first-order valence-corrected chi connectivity index (χ1v) is 7.04. The van der Waals surface area contributed by atoms with Gasteiger partial charge in [0.15, 0.2) is 0 Å². The van der Waals surface area contributed by atoms with E-state index in [1.54, 1.807) is 11.8 Å². The molecule has 2 aromatic rings. The monoisotopic (exact) mass is 271 g/mol. The van der Waals surface area contributed by atoms with Crippen LogP contribution in [-0.2, 0) is 11.5 Å². The highest BCUT2D eigenvalue weighted by molar-refractivity contribution is 7.98. The highest BCUT2D eigenvalue weighted by atomic mass is 35.5. The van der Waals surface area contributed by atoms with Crippen LogP contribution in [0.3, 0.4) is 0 Å². The summed E-state index contributed by atoms with van der Waals surface area (Å²) in [6.45, 7) is 3.23. The van der Waals surface area contributed by atoms with Gasteiger partial charge in [0.25, 0.3) is 0 Å². The Morgan fingerprint density at radius 2 is 2.29 bits per heavy atom. The van der Waals surface area contributed by atoms with Gasteiger partial charge in [0.05, 0.1) is 12.0 Å². The van der Waals surface area contributed by atoms with Crippen molar-refractivity contribution in [2.75, 3.05) is 18.6 Å². The van der Waals surface area contributed by atoms with Crippen molar-refractivity contribution in [2.24, 2.45) is 0 Å². The first kappa shape index (κ1) is 12.7. The van der Waals surface area contributed by atoms with Gasteiger partial charge < -0.3 is 9.30 Å². The summed E-state index contributed by atoms with van der Waals surface area (Å²) in [6.07, 6.45) is 5.53. The van der Waals surface area contributed by atoms with Gasteiger partial charge in [-0.05, 0) is 18.7 Å². The molecule has 0 spiro atoms. The summed E-state index contributed by atoms with van der Waals surface area (Å²) in [5.41, 5.74) is 1.89. The van der Waals surface area contributed by atoms with Gasteiger partial charge >= 0.3 is 0 Å². The summed E-state index contributed by atoms with van der Waals surface area (Å²) in [5, 5.41) is 1.40. The molecular weight excluding hydrogens is 258 g/mol. The number of aryl methyl sites for hydroxylation is 1. The van der Waals surface area contributed by atoms with E-state index in [0.717, 1.165) is 29.0 Å². The van der Waals surface area contributed by atoms with Crippen LogP contribution in [0.2, 0.25) is 5.15 Å². The number of halogens is 1. The second-order valence-corrected chi connectivity index (χ2v) is 5.02. The van der Waals surface area contributed by atoms with Crippen LogP contribution >= 0.6 is 23.4 Å². The molecule has 6 heteroatoms. The minimum Gasteiger partial charge on any atom is -0.360 e. The average molecular weight is 272 g/mol. The number of rotatable bonds is 5. The van der Waals surface area contributed by atoms with E-state index in [1.807, 2.05) is 17.7 Å². The highest BCUT2D eigenvalue weighted by Gasteiger charge is 2.10. The molecule has 0 amide bonds. The summed E-state index contributed by atoms with van der Waals surface area (Å²) in [4.78, 5) is 8.23. The first-order valence-electron chi connectivity index (χ1n) is 5.26. The SMILES string of the molecule is CSCCOCn1cc(C)c2c(Cl)ncnc21. The Bertz CT molecular complexity index is 515. The molecule has 0 radical (unpaired) electrons. The lowest BCUT2D eigenvalue weighted by Crippen LogP contribution is -2.04. The van der Waals surface area contributed by atoms with Gasteiger partial charge in [-0.1, -0.05) is 11.6 Å². The molecule has 0 aliphatic rings. The lowest BCUT2D eigenvalue weighted by atomic mass is 10.3. The fraction of sp³-hybridized carbons (Fsp3) is 0.455. The lowest BCUT2D eigenvalue weighted by molar-refractivity contribution is 0.0926. The smallest absolute Gasteiger partial charge is 0.147 e. The zero-order valence-corrected chi connectivity index (χ0v) is 11.4. The lowest BCUT2D eigenvalue weighted by Gasteiger charge is -2.05. The summed E-state index contributed by atoms with van der Waals surface area (Å²) >= 11 is 7.82. The van der Waals surface area contributed by atoms with Gasteiger partial charge in [-0.3, -0.25) is 0 Å². The molecular formula is C11H14ClN3OS. The van der Waals surface area contributed by atoms with Crippen molar-refractivity contribution in [3.63, 3.8) is 0 Å². The Kier molecular flexibility index (Phi) is 4.25. The molecule has 0 atom stereocenters. The maximum Gasteiger partial charge on any atom is 0.147 e. The molecule has 0 saturated carbocycles. The van der Waals surface area contributed by atoms with E-state index >= 15 is 0 Å². The predicted octanol–water partition coefficient (Wildman–Crippen LogP) is 2.73. The molecule has 0 N–H and O–H groups in total. The number of aromatic nitrogens is 3. The molecule has 0 saturated heterocycles.